The minimum Gasteiger partial charge on any atom is -0.497 e. The smallest absolute Gasteiger partial charge is 0.148 e. The second-order valence-corrected chi connectivity index (χ2v) is 7.39. The Kier molecular flexibility index (Phi) is 5.45. The molecule has 0 spiro atoms. The highest BCUT2D eigenvalue weighted by Gasteiger charge is 2.35. The van der Waals surface area contributed by atoms with E-state index in [2.05, 4.69) is 36.1 Å². The maximum atomic E-state index is 6.09. The summed E-state index contributed by atoms with van der Waals surface area (Å²) in [5.74, 6) is 1.66. The van der Waals surface area contributed by atoms with Crippen LogP contribution in [0.15, 0.2) is 77.8 Å². The molecule has 148 valence electrons. The van der Waals surface area contributed by atoms with E-state index in [0.717, 1.165) is 39.0 Å². The number of hydrogen-bond donors (Lipinski definition) is 0. The van der Waals surface area contributed by atoms with Gasteiger partial charge in [0.2, 0.25) is 0 Å². The molecule has 0 saturated carbocycles. The Balaban J connectivity index is 1.77. The fraction of sp³-hybridized carbons (Fsp3) is 0.208. The monoisotopic (exact) mass is 406 g/mol. The highest BCUT2D eigenvalue weighted by molar-refractivity contribution is 6.30. The minimum absolute atomic E-state index is 0.0941. The molecular formula is C24H23ClN2O2. The van der Waals surface area contributed by atoms with Crippen LogP contribution in [0.5, 0.6) is 11.5 Å². The average Bonchev–Trinajstić information content (AvgIpc) is 3.11. The Hall–Kier alpha value is -2.98. The second-order valence-electron chi connectivity index (χ2n) is 6.95. The first kappa shape index (κ1) is 19.3. The van der Waals surface area contributed by atoms with Gasteiger partial charge >= 0.3 is 0 Å². The molecule has 3 aromatic carbocycles. The van der Waals surface area contributed by atoms with Gasteiger partial charge in [0.05, 0.1) is 26.0 Å². The standard InChI is InChI=1S/C24H23ClN2O2/c1-16-23(17-4-8-19(25)9-5-17)26-24(18-6-12-21(28-2)13-7-18)27(16)20-10-14-22(29-3)15-11-20/h4-16,24H,1-3H3. The highest BCUT2D eigenvalue weighted by Crippen LogP contribution is 2.38. The van der Waals surface area contributed by atoms with Crippen molar-refractivity contribution >= 4 is 23.0 Å². The van der Waals surface area contributed by atoms with Gasteiger partial charge in [-0.25, -0.2) is 0 Å². The molecule has 0 saturated heterocycles. The molecule has 0 radical (unpaired) electrons. The predicted octanol–water partition coefficient (Wildman–Crippen LogP) is 5.75. The molecule has 1 aliphatic rings. The fourth-order valence-corrected chi connectivity index (χ4v) is 3.84. The number of aliphatic imine (C=N–C) groups is 1. The maximum absolute atomic E-state index is 6.09. The first-order chi connectivity index (χ1) is 14.1. The number of rotatable bonds is 5. The molecule has 0 aliphatic carbocycles. The van der Waals surface area contributed by atoms with E-state index in [1.54, 1.807) is 14.2 Å². The first-order valence-electron chi connectivity index (χ1n) is 9.50. The number of anilines is 1. The third kappa shape index (κ3) is 3.81. The number of nitrogens with zero attached hydrogens (tertiary/aromatic N) is 2. The number of benzene rings is 3. The minimum atomic E-state index is -0.130. The van der Waals surface area contributed by atoms with Crippen molar-refractivity contribution in [2.75, 3.05) is 19.1 Å². The topological polar surface area (TPSA) is 34.1 Å². The maximum Gasteiger partial charge on any atom is 0.148 e. The van der Waals surface area contributed by atoms with Crippen molar-refractivity contribution in [1.82, 2.24) is 0 Å². The molecule has 0 bridgehead atoms. The quantitative estimate of drug-likeness (QED) is 0.540. The van der Waals surface area contributed by atoms with Gasteiger partial charge < -0.3 is 14.4 Å². The zero-order valence-electron chi connectivity index (χ0n) is 16.7. The molecular weight excluding hydrogens is 384 g/mol. The summed E-state index contributed by atoms with van der Waals surface area (Å²) in [5, 5.41) is 0.721. The summed E-state index contributed by atoms with van der Waals surface area (Å²) in [6.45, 7) is 2.18. The van der Waals surface area contributed by atoms with Gasteiger partial charge in [-0.15, -0.1) is 0 Å². The molecule has 2 unspecified atom stereocenters. The third-order valence-electron chi connectivity index (χ3n) is 5.26. The second kappa shape index (κ2) is 8.18. The van der Waals surface area contributed by atoms with Crippen LogP contribution in [0.3, 0.4) is 0 Å². The Labute approximate surface area is 176 Å². The summed E-state index contributed by atoms with van der Waals surface area (Å²) in [5.41, 5.74) is 4.32. The Morgan fingerprint density at radius 2 is 1.34 bits per heavy atom. The molecule has 4 nitrogen and oxygen atoms in total. The third-order valence-corrected chi connectivity index (χ3v) is 5.51. The van der Waals surface area contributed by atoms with Gasteiger partial charge in [0, 0.05) is 10.7 Å². The van der Waals surface area contributed by atoms with Crippen molar-refractivity contribution in [3.63, 3.8) is 0 Å². The van der Waals surface area contributed by atoms with E-state index in [0.29, 0.717) is 0 Å². The number of ether oxygens (including phenoxy) is 2. The molecule has 0 fully saturated rings. The van der Waals surface area contributed by atoms with E-state index in [1.165, 1.54) is 0 Å². The number of methoxy groups -OCH3 is 2. The van der Waals surface area contributed by atoms with Crippen molar-refractivity contribution in [3.05, 3.63) is 88.9 Å². The van der Waals surface area contributed by atoms with Crippen molar-refractivity contribution in [2.24, 2.45) is 4.99 Å². The lowest BCUT2D eigenvalue weighted by Gasteiger charge is -2.30. The molecule has 1 aliphatic heterocycles. The van der Waals surface area contributed by atoms with Crippen LogP contribution >= 0.6 is 11.6 Å². The summed E-state index contributed by atoms with van der Waals surface area (Å²) in [6.07, 6.45) is -0.130. The van der Waals surface area contributed by atoms with Crippen LogP contribution in [-0.4, -0.2) is 26.0 Å². The van der Waals surface area contributed by atoms with Crippen LogP contribution in [0.1, 0.15) is 24.2 Å². The zero-order chi connectivity index (χ0) is 20.4. The number of hydrogen-bond acceptors (Lipinski definition) is 4. The lowest BCUT2D eigenvalue weighted by molar-refractivity contribution is 0.414. The lowest BCUT2D eigenvalue weighted by atomic mass is 10.0. The summed E-state index contributed by atoms with van der Waals surface area (Å²) in [6, 6.07) is 24.2. The van der Waals surface area contributed by atoms with Gasteiger partial charge in [-0.05, 0) is 66.6 Å². The molecule has 0 aromatic heterocycles. The van der Waals surface area contributed by atoms with E-state index in [1.807, 2.05) is 48.5 Å². The average molecular weight is 407 g/mol. The predicted molar refractivity (Wildman–Crippen MR) is 119 cm³/mol. The van der Waals surface area contributed by atoms with E-state index >= 15 is 0 Å². The summed E-state index contributed by atoms with van der Waals surface area (Å²) in [4.78, 5) is 7.45. The molecule has 5 heteroatoms. The lowest BCUT2D eigenvalue weighted by Crippen LogP contribution is -2.35. The normalized spacial score (nSPS) is 18.5. The largest absolute Gasteiger partial charge is 0.497 e. The summed E-state index contributed by atoms with van der Waals surface area (Å²) in [7, 11) is 3.35. The highest BCUT2D eigenvalue weighted by atomic mass is 35.5. The SMILES string of the molecule is COc1ccc(C2N=C(c3ccc(Cl)cc3)C(C)N2c2ccc(OC)cc2)cc1. The summed E-state index contributed by atoms with van der Waals surface area (Å²) >= 11 is 6.09. The molecule has 1 heterocycles. The molecule has 4 rings (SSSR count). The van der Waals surface area contributed by atoms with Crippen LogP contribution in [-0.2, 0) is 0 Å². The van der Waals surface area contributed by atoms with Crippen LogP contribution in [0, 0.1) is 0 Å². The summed E-state index contributed by atoms with van der Waals surface area (Å²) < 4.78 is 10.6. The van der Waals surface area contributed by atoms with Gasteiger partial charge in [0.25, 0.3) is 0 Å². The van der Waals surface area contributed by atoms with Crippen LogP contribution in [0.2, 0.25) is 5.02 Å². The Morgan fingerprint density at radius 1 is 0.793 bits per heavy atom. The van der Waals surface area contributed by atoms with Crippen LogP contribution in [0.25, 0.3) is 0 Å². The molecule has 29 heavy (non-hydrogen) atoms. The van der Waals surface area contributed by atoms with Gasteiger partial charge in [0.1, 0.15) is 17.7 Å². The Bertz CT molecular complexity index is 999. The molecule has 0 N–H and O–H groups in total. The van der Waals surface area contributed by atoms with E-state index in [9.17, 15) is 0 Å². The van der Waals surface area contributed by atoms with E-state index in [4.69, 9.17) is 26.1 Å². The molecule has 0 amide bonds. The van der Waals surface area contributed by atoms with E-state index < -0.39 is 0 Å². The van der Waals surface area contributed by atoms with Crippen LogP contribution < -0.4 is 14.4 Å². The van der Waals surface area contributed by atoms with Gasteiger partial charge in [0.15, 0.2) is 0 Å². The van der Waals surface area contributed by atoms with E-state index in [-0.39, 0.29) is 12.2 Å². The number of halogens is 1. The molecule has 3 aromatic rings. The van der Waals surface area contributed by atoms with Crippen molar-refractivity contribution in [2.45, 2.75) is 19.1 Å². The van der Waals surface area contributed by atoms with Gasteiger partial charge in [-0.3, -0.25) is 4.99 Å². The zero-order valence-corrected chi connectivity index (χ0v) is 17.4. The Morgan fingerprint density at radius 3 is 1.90 bits per heavy atom. The van der Waals surface area contributed by atoms with Crippen molar-refractivity contribution in [3.8, 4) is 11.5 Å². The van der Waals surface area contributed by atoms with Crippen LogP contribution in [0.4, 0.5) is 5.69 Å². The van der Waals surface area contributed by atoms with Gasteiger partial charge in [-0.2, -0.15) is 0 Å². The first-order valence-corrected chi connectivity index (χ1v) is 9.88. The van der Waals surface area contributed by atoms with Crippen molar-refractivity contribution in [1.29, 1.82) is 0 Å². The fourth-order valence-electron chi connectivity index (χ4n) is 3.71. The molecule has 2 atom stereocenters. The van der Waals surface area contributed by atoms with Crippen molar-refractivity contribution < 1.29 is 9.47 Å². The van der Waals surface area contributed by atoms with Gasteiger partial charge in [-0.1, -0.05) is 35.9 Å².